The number of carboxylic acid groups (broad SMARTS) is 1. The van der Waals surface area contributed by atoms with Crippen molar-refractivity contribution in [1.29, 1.82) is 0 Å². The lowest BCUT2D eigenvalue weighted by molar-refractivity contribution is -0.124. The van der Waals surface area contributed by atoms with E-state index < -0.39 is 5.97 Å². The zero-order valence-corrected chi connectivity index (χ0v) is 11.3. The van der Waals surface area contributed by atoms with Gasteiger partial charge in [0, 0.05) is 6.04 Å². The van der Waals surface area contributed by atoms with Gasteiger partial charge in [-0.05, 0) is 37.1 Å². The molecule has 0 aliphatic heterocycles. The molecule has 0 fully saturated rings. The Balaban J connectivity index is 2.44. The van der Waals surface area contributed by atoms with Crippen molar-refractivity contribution in [1.82, 2.24) is 5.32 Å². The summed E-state index contributed by atoms with van der Waals surface area (Å²) in [5.74, 6) is -0.352. The Morgan fingerprint density at radius 1 is 1.21 bits per heavy atom. The lowest BCUT2D eigenvalue weighted by Gasteiger charge is -2.17. The number of carbonyl (C=O) groups is 2. The first-order chi connectivity index (χ1) is 8.90. The maximum Gasteiger partial charge on any atom is 0.335 e. The summed E-state index contributed by atoms with van der Waals surface area (Å²) >= 11 is 0. The summed E-state index contributed by atoms with van der Waals surface area (Å²) in [5, 5.41) is 11.6. The van der Waals surface area contributed by atoms with Gasteiger partial charge >= 0.3 is 5.97 Å². The fourth-order valence-electron chi connectivity index (χ4n) is 1.30. The zero-order valence-electron chi connectivity index (χ0n) is 11.3. The van der Waals surface area contributed by atoms with E-state index in [0.29, 0.717) is 11.7 Å². The van der Waals surface area contributed by atoms with Crippen LogP contribution < -0.4 is 10.1 Å². The first-order valence-electron chi connectivity index (χ1n) is 6.15. The molecule has 19 heavy (non-hydrogen) atoms. The van der Waals surface area contributed by atoms with Gasteiger partial charge in [0.2, 0.25) is 0 Å². The van der Waals surface area contributed by atoms with E-state index in [1.54, 1.807) is 0 Å². The highest BCUT2D eigenvalue weighted by molar-refractivity contribution is 5.87. The molecule has 1 rings (SSSR count). The third-order valence-corrected chi connectivity index (χ3v) is 2.86. The number of carbonyl (C=O) groups excluding carboxylic acids is 1. The number of rotatable bonds is 6. The number of carboxylic acids is 1. The predicted molar refractivity (Wildman–Crippen MR) is 71.3 cm³/mol. The van der Waals surface area contributed by atoms with Crippen LogP contribution in [0.2, 0.25) is 0 Å². The number of nitrogens with one attached hydrogen (secondary N) is 1. The van der Waals surface area contributed by atoms with Gasteiger partial charge < -0.3 is 15.2 Å². The number of ether oxygens (including phenoxy) is 1. The third-order valence-electron chi connectivity index (χ3n) is 2.86. The van der Waals surface area contributed by atoms with Crippen LogP contribution in [-0.2, 0) is 4.79 Å². The minimum absolute atomic E-state index is 0.0799. The van der Waals surface area contributed by atoms with E-state index in [4.69, 9.17) is 9.84 Å². The SMILES string of the molecule is CC(C)C(C)NC(=O)COc1ccc(C(=O)O)cc1. The van der Waals surface area contributed by atoms with Crippen molar-refractivity contribution in [3.8, 4) is 5.75 Å². The molecular weight excluding hydrogens is 246 g/mol. The van der Waals surface area contributed by atoms with Gasteiger partial charge in [-0.3, -0.25) is 4.79 Å². The first-order valence-corrected chi connectivity index (χ1v) is 6.15. The molecule has 0 aromatic heterocycles. The van der Waals surface area contributed by atoms with E-state index in [0.717, 1.165) is 0 Å². The van der Waals surface area contributed by atoms with E-state index in [1.165, 1.54) is 24.3 Å². The Kier molecular flexibility index (Phi) is 5.36. The average molecular weight is 265 g/mol. The molecule has 5 nitrogen and oxygen atoms in total. The van der Waals surface area contributed by atoms with Gasteiger partial charge in [0.1, 0.15) is 5.75 Å². The maximum atomic E-state index is 11.6. The number of aromatic carboxylic acids is 1. The maximum absolute atomic E-state index is 11.6. The summed E-state index contributed by atoms with van der Waals surface area (Å²) in [4.78, 5) is 22.2. The largest absolute Gasteiger partial charge is 0.484 e. The van der Waals surface area contributed by atoms with E-state index in [-0.39, 0.29) is 24.1 Å². The molecule has 5 heteroatoms. The molecule has 2 N–H and O–H groups in total. The van der Waals surface area contributed by atoms with Gasteiger partial charge in [0.05, 0.1) is 5.56 Å². The number of hydrogen-bond acceptors (Lipinski definition) is 3. The molecule has 0 spiro atoms. The second-order valence-electron chi connectivity index (χ2n) is 4.72. The molecule has 0 bridgehead atoms. The monoisotopic (exact) mass is 265 g/mol. The van der Waals surface area contributed by atoms with Crippen LogP contribution in [0.15, 0.2) is 24.3 Å². The molecule has 0 saturated carbocycles. The van der Waals surface area contributed by atoms with Gasteiger partial charge in [-0.1, -0.05) is 13.8 Å². The summed E-state index contributed by atoms with van der Waals surface area (Å²) in [7, 11) is 0. The van der Waals surface area contributed by atoms with E-state index in [2.05, 4.69) is 5.32 Å². The molecule has 1 unspecified atom stereocenters. The molecule has 0 heterocycles. The lowest BCUT2D eigenvalue weighted by Crippen LogP contribution is -2.38. The molecule has 1 amide bonds. The van der Waals surface area contributed by atoms with Crippen LogP contribution in [0, 0.1) is 5.92 Å². The smallest absolute Gasteiger partial charge is 0.335 e. The topological polar surface area (TPSA) is 75.6 Å². The predicted octanol–water partition coefficient (Wildman–Crippen LogP) is 1.92. The fraction of sp³-hybridized carbons (Fsp3) is 0.429. The van der Waals surface area contributed by atoms with Gasteiger partial charge in [-0.2, -0.15) is 0 Å². The van der Waals surface area contributed by atoms with Crippen LogP contribution in [0.25, 0.3) is 0 Å². The minimum Gasteiger partial charge on any atom is -0.484 e. The molecule has 104 valence electrons. The number of amides is 1. The number of hydrogen-bond donors (Lipinski definition) is 2. The first kappa shape index (κ1) is 15.0. The summed E-state index contributed by atoms with van der Waals surface area (Å²) in [6.45, 7) is 5.90. The third kappa shape index (κ3) is 4.99. The lowest BCUT2D eigenvalue weighted by atomic mass is 10.1. The van der Waals surface area contributed by atoms with Crippen LogP contribution in [0.3, 0.4) is 0 Å². The Labute approximate surface area is 112 Å². The van der Waals surface area contributed by atoms with Crippen molar-refractivity contribution in [2.24, 2.45) is 5.92 Å². The van der Waals surface area contributed by atoms with Crippen LogP contribution in [0.1, 0.15) is 31.1 Å². The summed E-state index contributed by atoms with van der Waals surface area (Å²) in [6.07, 6.45) is 0. The van der Waals surface area contributed by atoms with E-state index in [1.807, 2.05) is 20.8 Å². The quantitative estimate of drug-likeness (QED) is 0.824. The van der Waals surface area contributed by atoms with Crippen molar-refractivity contribution in [3.63, 3.8) is 0 Å². The molecular formula is C14H19NO4. The summed E-state index contributed by atoms with van der Waals surface area (Å²) in [6, 6.07) is 6.02. The van der Waals surface area contributed by atoms with Crippen LogP contribution in [0.4, 0.5) is 0 Å². The molecule has 1 aromatic carbocycles. The van der Waals surface area contributed by atoms with Gasteiger partial charge in [-0.15, -0.1) is 0 Å². The van der Waals surface area contributed by atoms with Crippen LogP contribution in [-0.4, -0.2) is 29.6 Å². The summed E-state index contributed by atoms with van der Waals surface area (Å²) < 4.78 is 5.28. The van der Waals surface area contributed by atoms with Crippen LogP contribution in [0.5, 0.6) is 5.75 Å². The standard InChI is InChI=1S/C14H19NO4/c1-9(2)10(3)15-13(16)8-19-12-6-4-11(5-7-12)14(17)18/h4-7,9-10H,8H2,1-3H3,(H,15,16)(H,17,18). The van der Waals surface area contributed by atoms with Crippen molar-refractivity contribution < 1.29 is 19.4 Å². The van der Waals surface area contributed by atoms with E-state index in [9.17, 15) is 9.59 Å². The van der Waals surface area contributed by atoms with Crippen molar-refractivity contribution in [2.75, 3.05) is 6.61 Å². The highest BCUT2D eigenvalue weighted by Crippen LogP contribution is 2.12. The Morgan fingerprint density at radius 3 is 2.26 bits per heavy atom. The zero-order chi connectivity index (χ0) is 14.4. The van der Waals surface area contributed by atoms with Crippen molar-refractivity contribution in [2.45, 2.75) is 26.8 Å². The normalized spacial score (nSPS) is 12.0. The molecule has 1 aromatic rings. The van der Waals surface area contributed by atoms with Gasteiger partial charge in [0.25, 0.3) is 5.91 Å². The Hall–Kier alpha value is -2.04. The number of benzene rings is 1. The Bertz CT molecular complexity index is 439. The average Bonchev–Trinajstić information content (AvgIpc) is 2.36. The van der Waals surface area contributed by atoms with E-state index >= 15 is 0 Å². The van der Waals surface area contributed by atoms with Crippen LogP contribution >= 0.6 is 0 Å². The summed E-state index contributed by atoms with van der Waals surface area (Å²) in [5.41, 5.74) is 0.185. The van der Waals surface area contributed by atoms with Crippen molar-refractivity contribution in [3.05, 3.63) is 29.8 Å². The van der Waals surface area contributed by atoms with Gasteiger partial charge in [0.15, 0.2) is 6.61 Å². The Morgan fingerprint density at radius 2 is 1.79 bits per heavy atom. The van der Waals surface area contributed by atoms with Crippen molar-refractivity contribution >= 4 is 11.9 Å². The molecule has 0 radical (unpaired) electrons. The highest BCUT2D eigenvalue weighted by Gasteiger charge is 2.11. The fourth-order valence-corrected chi connectivity index (χ4v) is 1.30. The second-order valence-corrected chi connectivity index (χ2v) is 4.72. The van der Waals surface area contributed by atoms with Gasteiger partial charge in [-0.25, -0.2) is 4.79 Å². The second kappa shape index (κ2) is 6.78. The molecule has 0 saturated heterocycles. The molecule has 1 atom stereocenters. The molecule has 0 aliphatic rings. The molecule has 0 aliphatic carbocycles. The highest BCUT2D eigenvalue weighted by atomic mass is 16.5. The minimum atomic E-state index is -0.991.